The first-order valence-corrected chi connectivity index (χ1v) is 9.19. The molecule has 1 amide bonds. The Morgan fingerprint density at radius 1 is 1.10 bits per heavy atom. The van der Waals surface area contributed by atoms with Crippen molar-refractivity contribution < 1.29 is 9.53 Å². The monoisotopic (exact) mass is 291 g/mol. The van der Waals surface area contributed by atoms with Gasteiger partial charge in [0, 0.05) is 25.6 Å². The first kappa shape index (κ1) is 14.0. The molecule has 2 saturated carbocycles. The first-order valence-electron chi connectivity index (χ1n) is 9.19. The summed E-state index contributed by atoms with van der Waals surface area (Å²) in [7, 11) is 0. The van der Waals surface area contributed by atoms with E-state index in [1.54, 1.807) is 0 Å². The number of carbonyl (C=O) groups is 1. The van der Waals surface area contributed by atoms with Crippen molar-refractivity contribution in [3.8, 4) is 0 Å². The van der Waals surface area contributed by atoms with E-state index in [-0.39, 0.29) is 0 Å². The molecule has 2 heterocycles. The van der Waals surface area contributed by atoms with Gasteiger partial charge in [-0.05, 0) is 68.6 Å². The number of carbonyl (C=O) groups excluding carboxylic acids is 1. The van der Waals surface area contributed by atoms with Gasteiger partial charge < -0.3 is 9.64 Å². The summed E-state index contributed by atoms with van der Waals surface area (Å²) in [6.45, 7) is 4.02. The van der Waals surface area contributed by atoms with Gasteiger partial charge in [0.05, 0.1) is 6.10 Å². The summed E-state index contributed by atoms with van der Waals surface area (Å²) in [5, 5.41) is 0. The predicted molar refractivity (Wildman–Crippen MR) is 81.8 cm³/mol. The average Bonchev–Trinajstić information content (AvgIpc) is 2.98. The third-order valence-corrected chi connectivity index (χ3v) is 6.90. The van der Waals surface area contributed by atoms with Gasteiger partial charge in [0.25, 0.3) is 0 Å². The number of likely N-dealkylation sites (tertiary alicyclic amines) is 1. The summed E-state index contributed by atoms with van der Waals surface area (Å²) in [4.78, 5) is 14.5. The number of hydrogen-bond acceptors (Lipinski definition) is 2. The Balaban J connectivity index is 1.53. The van der Waals surface area contributed by atoms with Crippen LogP contribution in [0.15, 0.2) is 0 Å². The summed E-state index contributed by atoms with van der Waals surface area (Å²) < 4.78 is 5.95. The van der Waals surface area contributed by atoms with Crippen molar-refractivity contribution in [1.29, 1.82) is 0 Å². The van der Waals surface area contributed by atoms with E-state index >= 15 is 0 Å². The largest absolute Gasteiger partial charge is 0.378 e. The Morgan fingerprint density at radius 3 is 2.86 bits per heavy atom. The van der Waals surface area contributed by atoms with E-state index in [1.165, 1.54) is 44.9 Å². The fraction of sp³-hybridized carbons (Fsp3) is 0.944. The van der Waals surface area contributed by atoms with Crippen LogP contribution in [0.5, 0.6) is 0 Å². The van der Waals surface area contributed by atoms with Crippen LogP contribution in [-0.4, -0.2) is 36.1 Å². The molecule has 21 heavy (non-hydrogen) atoms. The van der Waals surface area contributed by atoms with Gasteiger partial charge in [0.2, 0.25) is 5.91 Å². The number of amides is 1. The van der Waals surface area contributed by atoms with Gasteiger partial charge in [0.15, 0.2) is 0 Å². The van der Waals surface area contributed by atoms with Crippen LogP contribution in [0.2, 0.25) is 0 Å². The molecule has 4 rings (SSSR count). The Labute approximate surface area is 128 Å². The second-order valence-corrected chi connectivity index (χ2v) is 7.74. The Kier molecular flexibility index (Phi) is 3.72. The molecule has 6 atom stereocenters. The van der Waals surface area contributed by atoms with E-state index in [0.29, 0.717) is 24.5 Å². The highest BCUT2D eigenvalue weighted by atomic mass is 16.5. The molecular formula is C18H29NO2. The molecule has 2 aliphatic carbocycles. The normalized spacial score (nSPS) is 45.7. The first-order chi connectivity index (χ1) is 10.3. The van der Waals surface area contributed by atoms with Gasteiger partial charge in [-0.3, -0.25) is 4.79 Å². The molecule has 0 spiro atoms. The summed E-state index contributed by atoms with van der Waals surface area (Å²) in [5.74, 6) is 3.75. The van der Waals surface area contributed by atoms with Gasteiger partial charge >= 0.3 is 0 Å². The number of piperidine rings is 1. The number of nitrogens with zero attached hydrogens (tertiary/aromatic N) is 1. The van der Waals surface area contributed by atoms with E-state index in [9.17, 15) is 4.79 Å². The lowest BCUT2D eigenvalue weighted by Gasteiger charge is -2.53. The van der Waals surface area contributed by atoms with Crippen molar-refractivity contribution >= 4 is 5.91 Å². The fourth-order valence-corrected chi connectivity index (χ4v) is 5.95. The van der Waals surface area contributed by atoms with E-state index in [2.05, 4.69) is 4.90 Å². The molecule has 0 radical (unpaired) electrons. The molecule has 4 fully saturated rings. The lowest BCUT2D eigenvalue weighted by molar-refractivity contribution is -0.141. The molecule has 0 bridgehead atoms. The van der Waals surface area contributed by atoms with Crippen molar-refractivity contribution in [3.05, 3.63) is 0 Å². The number of ether oxygens (including phenoxy) is 1. The minimum Gasteiger partial charge on any atom is -0.378 e. The minimum atomic E-state index is 0.390. The summed E-state index contributed by atoms with van der Waals surface area (Å²) in [5.41, 5.74) is 0. The standard InChI is InChI=1S/C18H29NO2/c1-2-18(20)19-8-3-4-14-15-10-13-7-9-21-17(13)11-12(15)5-6-16(14)19/h12-17H,2-11H2,1H3. The van der Waals surface area contributed by atoms with Gasteiger partial charge in [-0.1, -0.05) is 6.92 Å². The summed E-state index contributed by atoms with van der Waals surface area (Å²) in [6, 6.07) is 0.561. The minimum absolute atomic E-state index is 0.390. The van der Waals surface area contributed by atoms with Crippen LogP contribution < -0.4 is 0 Å². The molecule has 2 aliphatic heterocycles. The number of rotatable bonds is 1. The van der Waals surface area contributed by atoms with Crippen molar-refractivity contribution in [2.24, 2.45) is 23.7 Å². The molecule has 118 valence electrons. The zero-order valence-electron chi connectivity index (χ0n) is 13.3. The molecule has 3 heteroatoms. The van der Waals surface area contributed by atoms with Gasteiger partial charge in [-0.25, -0.2) is 0 Å². The maximum atomic E-state index is 12.3. The van der Waals surface area contributed by atoms with Crippen LogP contribution >= 0.6 is 0 Å². The second-order valence-electron chi connectivity index (χ2n) is 7.74. The summed E-state index contributed by atoms with van der Waals surface area (Å²) >= 11 is 0. The summed E-state index contributed by atoms with van der Waals surface area (Å²) in [6.07, 6.45) is 10.4. The van der Waals surface area contributed by atoms with Crippen molar-refractivity contribution in [3.63, 3.8) is 0 Å². The smallest absolute Gasteiger partial charge is 0.222 e. The number of fused-ring (bicyclic) bond motifs is 4. The third kappa shape index (κ3) is 2.32. The highest BCUT2D eigenvalue weighted by molar-refractivity contribution is 5.76. The Morgan fingerprint density at radius 2 is 2.00 bits per heavy atom. The van der Waals surface area contributed by atoms with E-state index < -0.39 is 0 Å². The highest BCUT2D eigenvalue weighted by Gasteiger charge is 2.49. The quantitative estimate of drug-likeness (QED) is 0.742. The third-order valence-electron chi connectivity index (χ3n) is 6.90. The molecule has 0 N–H and O–H groups in total. The molecule has 0 aromatic heterocycles. The predicted octanol–water partition coefficient (Wildman–Crippen LogP) is 3.23. The van der Waals surface area contributed by atoms with Crippen LogP contribution in [0.25, 0.3) is 0 Å². The van der Waals surface area contributed by atoms with Gasteiger partial charge in [-0.15, -0.1) is 0 Å². The molecule has 4 aliphatic rings. The molecule has 3 nitrogen and oxygen atoms in total. The van der Waals surface area contributed by atoms with Crippen molar-refractivity contribution in [2.75, 3.05) is 13.2 Å². The van der Waals surface area contributed by atoms with Crippen LogP contribution in [0.4, 0.5) is 0 Å². The topological polar surface area (TPSA) is 29.5 Å². The zero-order valence-corrected chi connectivity index (χ0v) is 13.3. The van der Waals surface area contributed by atoms with Crippen LogP contribution in [0, 0.1) is 23.7 Å². The van der Waals surface area contributed by atoms with Gasteiger partial charge in [0.1, 0.15) is 0 Å². The highest BCUT2D eigenvalue weighted by Crippen LogP contribution is 2.52. The Bertz CT molecular complexity index is 410. The van der Waals surface area contributed by atoms with E-state index in [1.807, 2.05) is 6.92 Å². The zero-order chi connectivity index (χ0) is 14.4. The molecule has 6 unspecified atom stereocenters. The Hall–Kier alpha value is -0.570. The SMILES string of the molecule is CCC(=O)N1CCCC2C3CC4CCOC4CC3CCC21. The molecular weight excluding hydrogens is 262 g/mol. The second kappa shape index (κ2) is 5.57. The van der Waals surface area contributed by atoms with Crippen LogP contribution in [0.3, 0.4) is 0 Å². The lowest BCUT2D eigenvalue weighted by atomic mass is 9.58. The van der Waals surface area contributed by atoms with Crippen LogP contribution in [0.1, 0.15) is 58.3 Å². The van der Waals surface area contributed by atoms with Crippen molar-refractivity contribution in [1.82, 2.24) is 4.90 Å². The fourth-order valence-electron chi connectivity index (χ4n) is 5.95. The maximum absolute atomic E-state index is 12.3. The van der Waals surface area contributed by atoms with E-state index in [4.69, 9.17) is 4.74 Å². The van der Waals surface area contributed by atoms with Gasteiger partial charge in [-0.2, -0.15) is 0 Å². The van der Waals surface area contributed by atoms with E-state index in [0.717, 1.165) is 36.8 Å². The molecule has 0 aromatic carbocycles. The number of hydrogen-bond donors (Lipinski definition) is 0. The van der Waals surface area contributed by atoms with Crippen LogP contribution in [-0.2, 0) is 9.53 Å². The molecule has 0 aromatic rings. The average molecular weight is 291 g/mol. The van der Waals surface area contributed by atoms with Crippen molar-refractivity contribution in [2.45, 2.75) is 70.4 Å². The molecule has 2 saturated heterocycles. The maximum Gasteiger partial charge on any atom is 0.222 e. The lowest BCUT2D eigenvalue weighted by Crippen LogP contribution is -2.55.